The fourth-order valence-electron chi connectivity index (χ4n) is 1.68. The van der Waals surface area contributed by atoms with Gasteiger partial charge < -0.3 is 5.73 Å². The first-order chi connectivity index (χ1) is 7.20. The van der Waals surface area contributed by atoms with E-state index in [4.69, 9.17) is 5.73 Å². The highest BCUT2D eigenvalue weighted by Gasteiger charge is 2.18. The van der Waals surface area contributed by atoms with Crippen molar-refractivity contribution < 1.29 is 0 Å². The molecule has 1 rings (SSSR count). The Balaban J connectivity index is 3.06. The quantitative estimate of drug-likeness (QED) is 0.855. The maximum Gasteiger partial charge on any atom is 0.0653 e. The topological polar surface area (TPSA) is 43.8 Å². The van der Waals surface area contributed by atoms with Crippen LogP contribution in [0.2, 0.25) is 0 Å². The molecule has 92 valence electrons. The summed E-state index contributed by atoms with van der Waals surface area (Å²) >= 11 is 0. The van der Waals surface area contributed by atoms with Crippen LogP contribution in [0.5, 0.6) is 0 Å². The number of hydrogen-bond donors (Lipinski definition) is 1. The van der Waals surface area contributed by atoms with Gasteiger partial charge in [0.2, 0.25) is 0 Å². The van der Waals surface area contributed by atoms with E-state index in [1.54, 1.807) is 0 Å². The zero-order chi connectivity index (χ0) is 12.5. The molecule has 0 aliphatic carbocycles. The lowest BCUT2D eigenvalue weighted by molar-refractivity contribution is 0.315. The molecular weight excluding hydrogens is 198 g/mol. The SMILES string of the molecule is CC(C)c1cc([C@H](C)N)n(CC(C)(C)C)n1. The van der Waals surface area contributed by atoms with E-state index in [9.17, 15) is 0 Å². The average molecular weight is 223 g/mol. The Bertz CT molecular complexity index is 343. The van der Waals surface area contributed by atoms with E-state index in [1.165, 1.54) is 0 Å². The van der Waals surface area contributed by atoms with Crippen LogP contribution in [0.25, 0.3) is 0 Å². The molecule has 0 bridgehead atoms. The molecule has 0 aromatic carbocycles. The van der Waals surface area contributed by atoms with E-state index in [0.717, 1.165) is 17.9 Å². The highest BCUT2D eigenvalue weighted by molar-refractivity contribution is 5.16. The van der Waals surface area contributed by atoms with E-state index < -0.39 is 0 Å². The standard InChI is InChI=1S/C13H25N3/c1-9(2)11-7-12(10(3)14)16(15-11)8-13(4,5)6/h7,9-10H,8,14H2,1-6H3/t10-/m0/s1. The summed E-state index contributed by atoms with van der Waals surface area (Å²) in [5.41, 5.74) is 8.49. The van der Waals surface area contributed by atoms with Crippen molar-refractivity contribution in [2.24, 2.45) is 11.1 Å². The molecule has 0 saturated heterocycles. The van der Waals surface area contributed by atoms with Crippen LogP contribution < -0.4 is 5.73 Å². The summed E-state index contributed by atoms with van der Waals surface area (Å²) in [7, 11) is 0. The van der Waals surface area contributed by atoms with Crippen LogP contribution in [0.15, 0.2) is 6.07 Å². The molecule has 1 aromatic rings. The van der Waals surface area contributed by atoms with Crippen molar-refractivity contribution >= 4 is 0 Å². The van der Waals surface area contributed by atoms with E-state index >= 15 is 0 Å². The van der Waals surface area contributed by atoms with Crippen LogP contribution in [0.4, 0.5) is 0 Å². The maximum absolute atomic E-state index is 5.99. The van der Waals surface area contributed by atoms with Crippen molar-refractivity contribution in [3.63, 3.8) is 0 Å². The normalized spacial score (nSPS) is 14.5. The molecule has 3 nitrogen and oxygen atoms in total. The van der Waals surface area contributed by atoms with Crippen molar-refractivity contribution in [3.8, 4) is 0 Å². The maximum atomic E-state index is 5.99. The number of hydrogen-bond acceptors (Lipinski definition) is 2. The van der Waals surface area contributed by atoms with Gasteiger partial charge in [0.15, 0.2) is 0 Å². The Kier molecular flexibility index (Phi) is 3.79. The minimum Gasteiger partial charge on any atom is -0.323 e. The van der Waals surface area contributed by atoms with Crippen molar-refractivity contribution in [1.29, 1.82) is 0 Å². The fourth-order valence-corrected chi connectivity index (χ4v) is 1.68. The first-order valence-electron chi connectivity index (χ1n) is 6.04. The summed E-state index contributed by atoms with van der Waals surface area (Å²) < 4.78 is 2.07. The third-order valence-electron chi connectivity index (χ3n) is 2.51. The van der Waals surface area contributed by atoms with E-state index in [1.807, 2.05) is 6.92 Å². The van der Waals surface area contributed by atoms with Crippen LogP contribution in [0, 0.1) is 5.41 Å². The molecule has 3 heteroatoms. The lowest BCUT2D eigenvalue weighted by Crippen LogP contribution is -2.21. The lowest BCUT2D eigenvalue weighted by atomic mass is 9.97. The van der Waals surface area contributed by atoms with Crippen LogP contribution in [-0.4, -0.2) is 9.78 Å². The Morgan fingerprint density at radius 2 is 1.88 bits per heavy atom. The van der Waals surface area contributed by atoms with Gasteiger partial charge in [0.05, 0.1) is 11.4 Å². The summed E-state index contributed by atoms with van der Waals surface area (Å²) in [6.45, 7) is 13.9. The molecule has 1 atom stereocenters. The summed E-state index contributed by atoms with van der Waals surface area (Å²) in [5.74, 6) is 0.457. The average Bonchev–Trinajstić information content (AvgIpc) is 2.44. The van der Waals surface area contributed by atoms with Gasteiger partial charge in [-0.3, -0.25) is 4.68 Å². The number of rotatable bonds is 3. The van der Waals surface area contributed by atoms with Gasteiger partial charge in [0.25, 0.3) is 0 Å². The first kappa shape index (κ1) is 13.2. The lowest BCUT2D eigenvalue weighted by Gasteiger charge is -2.20. The van der Waals surface area contributed by atoms with E-state index in [0.29, 0.717) is 5.92 Å². The van der Waals surface area contributed by atoms with Gasteiger partial charge in [-0.25, -0.2) is 0 Å². The van der Waals surface area contributed by atoms with Crippen LogP contribution in [-0.2, 0) is 6.54 Å². The van der Waals surface area contributed by atoms with Gasteiger partial charge in [0.1, 0.15) is 0 Å². The Labute approximate surface area is 99.0 Å². The molecule has 0 amide bonds. The monoisotopic (exact) mass is 223 g/mol. The number of aromatic nitrogens is 2. The Morgan fingerprint density at radius 3 is 2.25 bits per heavy atom. The van der Waals surface area contributed by atoms with Crippen molar-refractivity contribution in [2.75, 3.05) is 0 Å². The van der Waals surface area contributed by atoms with Crippen LogP contribution >= 0.6 is 0 Å². The third kappa shape index (κ3) is 3.34. The van der Waals surface area contributed by atoms with Crippen LogP contribution in [0.3, 0.4) is 0 Å². The first-order valence-corrected chi connectivity index (χ1v) is 6.04. The minimum absolute atomic E-state index is 0.0438. The van der Waals surface area contributed by atoms with Gasteiger partial charge in [-0.05, 0) is 24.3 Å². The Hall–Kier alpha value is -0.830. The van der Waals surface area contributed by atoms with Gasteiger partial charge in [-0.2, -0.15) is 5.10 Å². The molecule has 0 fully saturated rings. The van der Waals surface area contributed by atoms with Gasteiger partial charge >= 0.3 is 0 Å². The molecule has 16 heavy (non-hydrogen) atoms. The zero-order valence-electron chi connectivity index (χ0n) is 11.4. The molecule has 2 N–H and O–H groups in total. The molecule has 0 aliphatic rings. The number of nitrogens with two attached hydrogens (primary N) is 1. The molecule has 0 aliphatic heterocycles. The van der Waals surface area contributed by atoms with E-state index in [-0.39, 0.29) is 11.5 Å². The third-order valence-corrected chi connectivity index (χ3v) is 2.51. The summed E-state index contributed by atoms with van der Waals surface area (Å²) in [4.78, 5) is 0. The summed E-state index contributed by atoms with van der Waals surface area (Å²) in [5, 5.41) is 4.65. The molecule has 1 heterocycles. The Morgan fingerprint density at radius 1 is 1.31 bits per heavy atom. The predicted molar refractivity (Wildman–Crippen MR) is 68.4 cm³/mol. The second kappa shape index (κ2) is 4.58. The fraction of sp³-hybridized carbons (Fsp3) is 0.769. The molecular formula is C13H25N3. The van der Waals surface area contributed by atoms with Gasteiger partial charge in [0, 0.05) is 12.6 Å². The van der Waals surface area contributed by atoms with E-state index in [2.05, 4.69) is 50.5 Å². The van der Waals surface area contributed by atoms with Crippen LogP contribution in [0.1, 0.15) is 64.9 Å². The number of nitrogens with zero attached hydrogens (tertiary/aromatic N) is 2. The molecule has 0 radical (unpaired) electrons. The molecule has 0 spiro atoms. The summed E-state index contributed by atoms with van der Waals surface area (Å²) in [6, 6.07) is 2.18. The minimum atomic E-state index is 0.0438. The van der Waals surface area contributed by atoms with Gasteiger partial charge in [-0.15, -0.1) is 0 Å². The van der Waals surface area contributed by atoms with Crippen molar-refractivity contribution in [3.05, 3.63) is 17.5 Å². The largest absolute Gasteiger partial charge is 0.323 e. The molecule has 0 saturated carbocycles. The predicted octanol–water partition coefficient (Wildman–Crippen LogP) is 3.07. The smallest absolute Gasteiger partial charge is 0.0653 e. The van der Waals surface area contributed by atoms with Crippen molar-refractivity contribution in [2.45, 2.75) is 60.0 Å². The zero-order valence-corrected chi connectivity index (χ0v) is 11.4. The highest BCUT2D eigenvalue weighted by atomic mass is 15.3. The molecule has 0 unspecified atom stereocenters. The molecule has 1 aromatic heterocycles. The highest BCUT2D eigenvalue weighted by Crippen LogP contribution is 2.23. The van der Waals surface area contributed by atoms with Crippen molar-refractivity contribution in [1.82, 2.24) is 9.78 Å². The van der Waals surface area contributed by atoms with Gasteiger partial charge in [-0.1, -0.05) is 34.6 Å². The second-order valence-electron chi connectivity index (χ2n) is 6.16. The summed E-state index contributed by atoms with van der Waals surface area (Å²) in [6.07, 6.45) is 0. The second-order valence-corrected chi connectivity index (χ2v) is 6.16.